The van der Waals surface area contributed by atoms with Crippen molar-refractivity contribution in [2.24, 2.45) is 11.8 Å². The molecule has 0 bridgehead atoms. The fourth-order valence-electron chi connectivity index (χ4n) is 4.43. The van der Waals surface area contributed by atoms with Gasteiger partial charge in [-0.1, -0.05) is 31.6 Å². The molecule has 1 aliphatic heterocycles. The van der Waals surface area contributed by atoms with Crippen LogP contribution in [0.2, 0.25) is 0 Å². The maximum atomic E-state index is 13.5. The largest absolute Gasteiger partial charge is 0.487 e. The normalized spacial score (nSPS) is 23.9. The number of aliphatic hydroxyl groups excluding tert-OH is 1. The summed E-state index contributed by atoms with van der Waals surface area (Å²) in [5.74, 6) is 7.02. The summed E-state index contributed by atoms with van der Waals surface area (Å²) in [6.07, 6.45) is 5.43. The lowest BCUT2D eigenvalue weighted by molar-refractivity contribution is -0.129. The third-order valence-corrected chi connectivity index (χ3v) is 8.78. The lowest BCUT2D eigenvalue weighted by atomic mass is 10.0. The van der Waals surface area contributed by atoms with Crippen LogP contribution in [0.1, 0.15) is 58.4 Å². The second kappa shape index (κ2) is 10.9. The number of aliphatic hydroxyl groups is 1. The Bertz CT molecular complexity index is 1010. The molecule has 0 aromatic heterocycles. The van der Waals surface area contributed by atoms with Crippen molar-refractivity contribution in [3.05, 3.63) is 23.8 Å². The van der Waals surface area contributed by atoms with Crippen molar-refractivity contribution < 1.29 is 23.1 Å². The van der Waals surface area contributed by atoms with E-state index in [9.17, 15) is 18.3 Å². The lowest BCUT2D eigenvalue weighted by Gasteiger charge is -2.37. The highest BCUT2D eigenvalue weighted by Gasteiger charge is 2.38. The van der Waals surface area contributed by atoms with Gasteiger partial charge in [0, 0.05) is 44.5 Å². The van der Waals surface area contributed by atoms with Crippen molar-refractivity contribution in [1.29, 1.82) is 0 Å². The van der Waals surface area contributed by atoms with E-state index in [1.165, 1.54) is 36.9 Å². The summed E-state index contributed by atoms with van der Waals surface area (Å²) in [4.78, 5) is 13.5. The Hall–Kier alpha value is -2.08. The molecular weight excluding hydrogens is 440 g/mol. The molecule has 0 spiro atoms. The number of rotatable bonds is 5. The van der Waals surface area contributed by atoms with Gasteiger partial charge in [-0.2, -0.15) is 4.31 Å². The predicted octanol–water partition coefficient (Wildman–Crippen LogP) is 2.87. The number of carbonyl (C=O) groups is 1. The molecule has 0 unspecified atom stereocenters. The minimum atomic E-state index is -3.89. The first kappa shape index (κ1) is 25.5. The van der Waals surface area contributed by atoms with Crippen LogP contribution in [0.15, 0.2) is 23.1 Å². The van der Waals surface area contributed by atoms with E-state index in [2.05, 4.69) is 11.8 Å². The van der Waals surface area contributed by atoms with E-state index >= 15 is 0 Å². The number of carbonyl (C=O) groups excluding carboxylic acids is 1. The van der Waals surface area contributed by atoms with E-state index < -0.39 is 22.2 Å². The number of amides is 1. The van der Waals surface area contributed by atoms with Crippen LogP contribution in [0, 0.1) is 23.7 Å². The Balaban J connectivity index is 1.98. The molecule has 1 saturated carbocycles. The quantitative estimate of drug-likeness (QED) is 0.661. The van der Waals surface area contributed by atoms with Crippen molar-refractivity contribution in [2.45, 2.75) is 69.9 Å². The summed E-state index contributed by atoms with van der Waals surface area (Å²) in [6, 6.07) is 4.36. The first-order valence-electron chi connectivity index (χ1n) is 11.8. The number of hydrogen-bond donors (Lipinski definition) is 1. The molecule has 0 saturated heterocycles. The van der Waals surface area contributed by atoms with E-state index in [4.69, 9.17) is 4.74 Å². The molecule has 7 nitrogen and oxygen atoms in total. The summed E-state index contributed by atoms with van der Waals surface area (Å²) in [6.45, 7) is 5.31. The van der Waals surface area contributed by atoms with Gasteiger partial charge in [-0.25, -0.2) is 8.42 Å². The van der Waals surface area contributed by atoms with Gasteiger partial charge >= 0.3 is 0 Å². The van der Waals surface area contributed by atoms with Gasteiger partial charge in [-0.05, 0) is 43.9 Å². The number of benzene rings is 1. The lowest BCUT2D eigenvalue weighted by Crippen LogP contribution is -2.50. The van der Waals surface area contributed by atoms with Gasteiger partial charge in [0.05, 0.1) is 13.2 Å². The molecule has 1 heterocycles. The Morgan fingerprint density at radius 3 is 2.67 bits per heavy atom. The predicted molar refractivity (Wildman–Crippen MR) is 127 cm³/mol. The highest BCUT2D eigenvalue weighted by atomic mass is 32.2. The van der Waals surface area contributed by atoms with E-state index in [0.717, 1.165) is 6.42 Å². The van der Waals surface area contributed by atoms with Crippen molar-refractivity contribution in [1.82, 2.24) is 9.21 Å². The van der Waals surface area contributed by atoms with Gasteiger partial charge in [-0.3, -0.25) is 4.79 Å². The number of hydrogen-bond acceptors (Lipinski definition) is 5. The Morgan fingerprint density at radius 1 is 1.33 bits per heavy atom. The maximum absolute atomic E-state index is 13.5. The second-order valence-corrected chi connectivity index (χ2v) is 11.3. The van der Waals surface area contributed by atoms with Gasteiger partial charge in [0.2, 0.25) is 15.9 Å². The Labute approximate surface area is 198 Å². The van der Waals surface area contributed by atoms with Gasteiger partial charge in [0.1, 0.15) is 16.7 Å². The van der Waals surface area contributed by atoms with Crippen molar-refractivity contribution in [3.8, 4) is 17.6 Å². The standard InChI is InChI=1S/C25H36N2O5S/c1-18-15-27(19(2)17-28)33(30,31)25-13-12-22(11-7-10-21-8-5-6-9-21)14-23(25)32-24(18)16-26(4)20(3)29/h12-14,18-19,21,24,28H,5-6,8-10,15-17H2,1-4H3/t18-,19-,24+/m1/s1. The van der Waals surface area contributed by atoms with E-state index in [0.29, 0.717) is 18.0 Å². The maximum Gasteiger partial charge on any atom is 0.247 e. The third kappa shape index (κ3) is 6.08. The first-order valence-corrected chi connectivity index (χ1v) is 13.2. The minimum absolute atomic E-state index is 0.0616. The van der Waals surface area contributed by atoms with Gasteiger partial charge in [-0.15, -0.1) is 0 Å². The van der Waals surface area contributed by atoms with Crippen LogP contribution >= 0.6 is 0 Å². The van der Waals surface area contributed by atoms with Crippen molar-refractivity contribution >= 4 is 15.9 Å². The van der Waals surface area contributed by atoms with E-state index in [1.807, 2.05) is 6.92 Å². The van der Waals surface area contributed by atoms with E-state index in [-0.39, 0.29) is 35.6 Å². The summed E-state index contributed by atoms with van der Waals surface area (Å²) in [5.41, 5.74) is 0.704. The zero-order valence-corrected chi connectivity index (χ0v) is 20.9. The number of sulfonamides is 1. The fourth-order valence-corrected chi connectivity index (χ4v) is 6.26. The van der Waals surface area contributed by atoms with Crippen LogP contribution in [-0.4, -0.2) is 67.5 Å². The van der Waals surface area contributed by atoms with Crippen molar-refractivity contribution in [2.75, 3.05) is 26.7 Å². The molecule has 2 aliphatic rings. The number of ether oxygens (including phenoxy) is 1. The Morgan fingerprint density at radius 2 is 2.03 bits per heavy atom. The van der Waals surface area contributed by atoms with Gasteiger partial charge in [0.25, 0.3) is 0 Å². The molecule has 1 aromatic carbocycles. The number of fused-ring (bicyclic) bond motifs is 1. The first-order chi connectivity index (χ1) is 15.6. The average Bonchev–Trinajstić information content (AvgIpc) is 3.29. The molecule has 3 atom stereocenters. The van der Waals surface area contributed by atoms with E-state index in [1.54, 1.807) is 37.1 Å². The van der Waals surface area contributed by atoms with Gasteiger partial charge in [0.15, 0.2) is 0 Å². The average molecular weight is 477 g/mol. The van der Waals surface area contributed by atoms with Crippen LogP contribution in [-0.2, 0) is 14.8 Å². The van der Waals surface area contributed by atoms with Crippen LogP contribution in [0.25, 0.3) is 0 Å². The molecule has 3 rings (SSSR count). The molecule has 33 heavy (non-hydrogen) atoms. The highest BCUT2D eigenvalue weighted by Crippen LogP contribution is 2.34. The molecule has 1 fully saturated rings. The summed E-state index contributed by atoms with van der Waals surface area (Å²) in [7, 11) is -2.18. The van der Waals surface area contributed by atoms with Crippen molar-refractivity contribution in [3.63, 3.8) is 0 Å². The second-order valence-electron chi connectivity index (χ2n) is 9.46. The van der Waals surface area contributed by atoms with Crippen LogP contribution in [0.4, 0.5) is 0 Å². The SMILES string of the molecule is CC(=O)N(C)C[C@@H]1Oc2cc(C#CCC3CCCC3)ccc2S(=O)(=O)N([C@H](C)CO)C[C@H]1C. The molecule has 1 aromatic rings. The molecule has 182 valence electrons. The van der Waals surface area contributed by atoms with Crippen LogP contribution < -0.4 is 4.74 Å². The number of likely N-dealkylation sites (N-methyl/N-ethyl adjacent to an activating group) is 1. The highest BCUT2D eigenvalue weighted by molar-refractivity contribution is 7.89. The summed E-state index contributed by atoms with van der Waals surface area (Å²) < 4.78 is 34.6. The number of nitrogens with zero attached hydrogens (tertiary/aromatic N) is 2. The summed E-state index contributed by atoms with van der Waals surface area (Å²) >= 11 is 0. The molecular formula is C25H36N2O5S. The third-order valence-electron chi connectivity index (χ3n) is 6.76. The molecule has 1 aliphatic carbocycles. The van der Waals surface area contributed by atoms with Crippen LogP contribution in [0.5, 0.6) is 5.75 Å². The van der Waals surface area contributed by atoms with Crippen LogP contribution in [0.3, 0.4) is 0 Å². The monoisotopic (exact) mass is 476 g/mol. The van der Waals surface area contributed by atoms with Gasteiger partial charge < -0.3 is 14.7 Å². The topological polar surface area (TPSA) is 87.2 Å². The molecule has 0 radical (unpaired) electrons. The zero-order chi connectivity index (χ0) is 24.2. The Kier molecular flexibility index (Phi) is 8.43. The molecule has 8 heteroatoms. The molecule has 1 N–H and O–H groups in total. The molecule has 1 amide bonds. The minimum Gasteiger partial charge on any atom is -0.487 e. The summed E-state index contributed by atoms with van der Waals surface area (Å²) in [5, 5.41) is 9.72. The zero-order valence-electron chi connectivity index (χ0n) is 20.1. The fraction of sp³-hybridized carbons (Fsp3) is 0.640. The smallest absolute Gasteiger partial charge is 0.247 e.